The van der Waals surface area contributed by atoms with Crippen LogP contribution in [-0.2, 0) is 0 Å². The van der Waals surface area contributed by atoms with Crippen LogP contribution in [-0.4, -0.2) is 10.9 Å². The third-order valence-electron chi connectivity index (χ3n) is 1.97. The average Bonchev–Trinajstić information content (AvgIpc) is 2.05. The molecule has 0 radical (unpaired) electrons. The summed E-state index contributed by atoms with van der Waals surface area (Å²) in [5.41, 5.74) is 0. The molecule has 0 aromatic heterocycles. The zero-order valence-electron chi connectivity index (χ0n) is 5.82. The van der Waals surface area contributed by atoms with Gasteiger partial charge in [0.25, 0.3) is 0 Å². The molecule has 0 atom stereocenters. The maximum atomic E-state index is 10.6. The molecule has 1 aliphatic rings. The lowest BCUT2D eigenvalue weighted by atomic mass is 9.96. The van der Waals surface area contributed by atoms with Gasteiger partial charge < -0.3 is 10.4 Å². The van der Waals surface area contributed by atoms with Crippen molar-refractivity contribution in [2.75, 3.05) is 0 Å². The van der Waals surface area contributed by atoms with Crippen LogP contribution in [0.4, 0.5) is 0 Å². The maximum absolute atomic E-state index is 10.6. The molecule has 0 N–H and O–H groups in total. The van der Waals surface area contributed by atoms with Gasteiger partial charge in [-0.2, -0.15) is 0 Å². The molecule has 0 aromatic carbocycles. The second kappa shape index (κ2) is 3.39. The zero-order valence-corrected chi connectivity index (χ0v) is 5.82. The minimum Gasteiger partial charge on any atom is -0.739 e. The quantitative estimate of drug-likeness (QED) is 0.319. The summed E-state index contributed by atoms with van der Waals surface area (Å²) < 4.78 is 0. The van der Waals surface area contributed by atoms with Crippen molar-refractivity contribution < 1.29 is 4.86 Å². The largest absolute Gasteiger partial charge is 0.739 e. The Hall–Kier alpha value is -0.800. The van der Waals surface area contributed by atoms with E-state index in [1.165, 1.54) is 6.42 Å². The molecule has 58 valence electrons. The molecule has 0 aliphatic heterocycles. The molecule has 0 aromatic rings. The van der Waals surface area contributed by atoms with E-state index in [-0.39, 0.29) is 6.04 Å². The van der Waals surface area contributed by atoms with Crippen LogP contribution in [0, 0.1) is 10.4 Å². The zero-order chi connectivity index (χ0) is 7.40. The summed E-state index contributed by atoms with van der Waals surface area (Å²) in [5, 5.41) is 22.7. The maximum Gasteiger partial charge on any atom is 0.189 e. The molecule has 4 heteroatoms. The van der Waals surface area contributed by atoms with Gasteiger partial charge in [-0.3, -0.25) is 0 Å². The van der Waals surface area contributed by atoms with E-state index in [0.29, 0.717) is 4.86 Å². The van der Waals surface area contributed by atoms with Gasteiger partial charge in [0.1, 0.15) is 0 Å². The molecule has 1 fully saturated rings. The lowest BCUT2D eigenvalue weighted by molar-refractivity contribution is -0.568. The van der Waals surface area contributed by atoms with Crippen LogP contribution in [0.2, 0.25) is 0 Å². The summed E-state index contributed by atoms with van der Waals surface area (Å²) in [7, 11) is 0. The number of hydroxylamine groups is 1. The highest BCUT2D eigenvalue weighted by atomic mass is 16.6. The molecule has 0 unspecified atom stereocenters. The van der Waals surface area contributed by atoms with Crippen LogP contribution in [0.3, 0.4) is 0 Å². The summed E-state index contributed by atoms with van der Waals surface area (Å²) in [6.45, 7) is 0. The van der Waals surface area contributed by atoms with Crippen LogP contribution < -0.4 is 0 Å². The fraction of sp³-hybridized carbons (Fsp3) is 1.00. The third kappa shape index (κ3) is 1.59. The highest BCUT2D eigenvalue weighted by Crippen LogP contribution is 2.19. The van der Waals surface area contributed by atoms with Crippen molar-refractivity contribution in [1.82, 2.24) is 0 Å². The summed E-state index contributed by atoms with van der Waals surface area (Å²) in [5.74, 6) is 0. The summed E-state index contributed by atoms with van der Waals surface area (Å²) in [4.78, 5) is 0.305. The Bertz CT molecular complexity index is 130. The van der Waals surface area contributed by atoms with Gasteiger partial charge in [-0.25, -0.2) is 0 Å². The summed E-state index contributed by atoms with van der Waals surface area (Å²) in [6.07, 6.45) is 4.95. The molecule has 0 spiro atoms. The molecule has 0 bridgehead atoms. The van der Waals surface area contributed by atoms with Gasteiger partial charge in [0.2, 0.25) is 0 Å². The first kappa shape index (κ1) is 7.31. The number of rotatable bonds is 1. The highest BCUT2D eigenvalue weighted by molar-refractivity contribution is 4.63. The fourth-order valence-corrected chi connectivity index (χ4v) is 1.37. The van der Waals surface area contributed by atoms with Crippen LogP contribution in [0.5, 0.6) is 0 Å². The second-order valence-electron chi connectivity index (χ2n) is 2.68. The molecular weight excluding hydrogens is 132 g/mol. The van der Waals surface area contributed by atoms with Crippen LogP contribution >= 0.6 is 0 Å². The third-order valence-corrected chi connectivity index (χ3v) is 1.97. The van der Waals surface area contributed by atoms with Gasteiger partial charge in [0, 0.05) is 12.8 Å². The topological polar surface area (TPSA) is 61.5 Å². The van der Waals surface area contributed by atoms with Crippen molar-refractivity contribution in [3.63, 3.8) is 0 Å². The Labute approximate surface area is 59.7 Å². The predicted molar refractivity (Wildman–Crippen MR) is 36.3 cm³/mol. The van der Waals surface area contributed by atoms with Crippen molar-refractivity contribution >= 4 is 0 Å². The first-order valence-corrected chi connectivity index (χ1v) is 3.64. The Morgan fingerprint density at radius 3 is 2.30 bits per heavy atom. The minimum absolute atomic E-state index is 0.133. The van der Waals surface area contributed by atoms with Gasteiger partial charge in [-0.15, -0.1) is 0 Å². The molecule has 1 rings (SSSR count). The first-order chi connectivity index (χ1) is 4.84. The molecule has 1 aliphatic carbocycles. The average molecular weight is 143 g/mol. The lowest BCUT2D eigenvalue weighted by Gasteiger charge is -2.18. The second-order valence-corrected chi connectivity index (χ2v) is 2.68. The molecule has 0 amide bonds. The van der Waals surface area contributed by atoms with Crippen molar-refractivity contribution in [3.8, 4) is 0 Å². The van der Waals surface area contributed by atoms with E-state index in [1.807, 2.05) is 0 Å². The summed E-state index contributed by atoms with van der Waals surface area (Å²) in [6, 6.07) is -0.133. The van der Waals surface area contributed by atoms with Crippen molar-refractivity contribution in [2.45, 2.75) is 38.1 Å². The Morgan fingerprint density at radius 1 is 1.20 bits per heavy atom. The van der Waals surface area contributed by atoms with Gasteiger partial charge >= 0.3 is 0 Å². The van der Waals surface area contributed by atoms with Gasteiger partial charge in [-0.05, 0) is 18.1 Å². The van der Waals surface area contributed by atoms with Gasteiger partial charge in [-0.1, -0.05) is 11.3 Å². The molecule has 10 heavy (non-hydrogen) atoms. The molecule has 0 saturated heterocycles. The monoisotopic (exact) mass is 143 g/mol. The summed E-state index contributed by atoms with van der Waals surface area (Å²) >= 11 is 0. The van der Waals surface area contributed by atoms with Crippen LogP contribution in [0.25, 0.3) is 0 Å². The standard InChI is InChI=1S/C6H12N2O2/c9-7-8(10)6-4-2-1-3-5-6/h6,9H,1-5H2/p-1/b8-7+. The van der Waals surface area contributed by atoms with E-state index < -0.39 is 0 Å². The Morgan fingerprint density at radius 2 is 1.80 bits per heavy atom. The van der Waals surface area contributed by atoms with E-state index >= 15 is 0 Å². The predicted octanol–water partition coefficient (Wildman–Crippen LogP) is 1.78. The van der Waals surface area contributed by atoms with E-state index in [9.17, 15) is 10.4 Å². The normalized spacial score (nSPS) is 23.0. The Kier molecular flexibility index (Phi) is 2.48. The molecule has 1 saturated carbocycles. The molecular formula is C6H11N2O2-. The number of hydrogen-bond donors (Lipinski definition) is 0. The van der Waals surface area contributed by atoms with E-state index in [0.717, 1.165) is 25.7 Å². The van der Waals surface area contributed by atoms with E-state index in [2.05, 4.69) is 5.28 Å². The molecule has 0 heterocycles. The van der Waals surface area contributed by atoms with Crippen molar-refractivity contribution in [1.29, 1.82) is 0 Å². The van der Waals surface area contributed by atoms with Gasteiger partial charge in [0.15, 0.2) is 6.04 Å². The van der Waals surface area contributed by atoms with Crippen molar-refractivity contribution in [2.24, 2.45) is 5.28 Å². The van der Waals surface area contributed by atoms with Crippen LogP contribution in [0.1, 0.15) is 32.1 Å². The lowest BCUT2D eigenvalue weighted by Crippen LogP contribution is -2.22. The number of nitrogens with zero attached hydrogens (tertiary/aromatic N) is 2. The van der Waals surface area contributed by atoms with E-state index in [4.69, 9.17) is 0 Å². The van der Waals surface area contributed by atoms with Gasteiger partial charge in [0.05, 0.1) is 0 Å². The number of hydrogen-bond acceptors (Lipinski definition) is 3. The highest BCUT2D eigenvalue weighted by Gasteiger charge is 2.19. The van der Waals surface area contributed by atoms with E-state index in [1.54, 1.807) is 0 Å². The smallest absolute Gasteiger partial charge is 0.189 e. The fourth-order valence-electron chi connectivity index (χ4n) is 1.37. The Balaban J connectivity index is 2.39. The molecule has 4 nitrogen and oxygen atoms in total. The first-order valence-electron chi connectivity index (χ1n) is 3.64. The SMILES string of the molecule is [O-]/N=[N+](/[O-])C1CCCCC1. The minimum atomic E-state index is -0.133. The van der Waals surface area contributed by atoms with Crippen LogP contribution in [0.15, 0.2) is 5.28 Å². The van der Waals surface area contributed by atoms with Crippen molar-refractivity contribution in [3.05, 3.63) is 10.4 Å².